The van der Waals surface area contributed by atoms with Gasteiger partial charge >= 0.3 is 35.5 Å². The molecule has 1 aromatic rings. The quantitative estimate of drug-likeness (QED) is 0.223. The van der Waals surface area contributed by atoms with Crippen molar-refractivity contribution in [3.63, 3.8) is 0 Å². The first-order valence-corrected chi connectivity index (χ1v) is 11.4. The molecule has 0 amide bonds. The van der Waals surface area contributed by atoms with Crippen LogP contribution in [-0.2, 0) is 0 Å². The summed E-state index contributed by atoms with van der Waals surface area (Å²) in [4.78, 5) is 10.3. The number of benzene rings is 1. The van der Waals surface area contributed by atoms with Gasteiger partial charge in [-0.25, -0.2) is 4.79 Å². The summed E-state index contributed by atoms with van der Waals surface area (Å²) in [7, 11) is 0. The van der Waals surface area contributed by atoms with Gasteiger partial charge in [-0.1, -0.05) is 115 Å². The molecule has 0 heterocycles. The fourth-order valence-electron chi connectivity index (χ4n) is 3.20. The van der Waals surface area contributed by atoms with Crippen LogP contribution in [0, 0.1) is 6.92 Å². The normalized spacial score (nSPS) is 10.0. The van der Waals surface area contributed by atoms with Crippen LogP contribution in [0.1, 0.15) is 120 Å². The number of rotatable bonds is 16. The van der Waals surface area contributed by atoms with Crippen molar-refractivity contribution >= 4 is 5.97 Å². The van der Waals surface area contributed by atoms with Gasteiger partial charge in [0, 0.05) is 0 Å². The van der Waals surface area contributed by atoms with E-state index in [1.54, 1.807) is 12.1 Å². The third kappa shape index (κ3) is 20.5. The van der Waals surface area contributed by atoms with Gasteiger partial charge in [-0.15, -0.1) is 0 Å². The molecule has 0 spiro atoms. The van der Waals surface area contributed by atoms with Crippen LogP contribution in [0.2, 0.25) is 0 Å². The van der Waals surface area contributed by atoms with E-state index >= 15 is 0 Å². The molecule has 0 fully saturated rings. The first kappa shape index (κ1) is 30.7. The van der Waals surface area contributed by atoms with Crippen LogP contribution < -0.4 is 29.6 Å². The number of hydrogen-bond donors (Lipinski definition) is 2. The third-order valence-electron chi connectivity index (χ3n) is 4.99. The van der Waals surface area contributed by atoms with Crippen LogP contribution in [0.25, 0.3) is 0 Å². The minimum atomic E-state index is -1.11. The molecule has 0 saturated heterocycles. The Morgan fingerprint density at radius 2 is 1.14 bits per heavy atom. The predicted molar refractivity (Wildman–Crippen MR) is 120 cm³/mol. The molecule has 0 atom stereocenters. The van der Waals surface area contributed by atoms with E-state index in [1.807, 2.05) is 0 Å². The van der Waals surface area contributed by atoms with Crippen molar-refractivity contribution in [1.82, 2.24) is 0 Å². The monoisotopic (exact) mass is 414 g/mol. The summed E-state index contributed by atoms with van der Waals surface area (Å²) in [6.07, 6.45) is 22.8. The van der Waals surface area contributed by atoms with E-state index in [0.29, 0.717) is 0 Å². The van der Waals surface area contributed by atoms with E-state index in [0.717, 1.165) is 6.42 Å². The predicted octanol–water partition coefficient (Wildman–Crippen LogP) is 5.18. The van der Waals surface area contributed by atoms with Crippen LogP contribution >= 0.6 is 0 Å². The molecule has 4 heteroatoms. The van der Waals surface area contributed by atoms with E-state index in [9.17, 15) is 4.79 Å². The summed E-state index contributed by atoms with van der Waals surface area (Å²) in [5.41, 5.74) is -0.0671. The van der Waals surface area contributed by atoms with Crippen LogP contribution in [0.3, 0.4) is 0 Å². The second-order valence-corrected chi connectivity index (χ2v) is 7.63. The first-order valence-electron chi connectivity index (χ1n) is 11.4. The first-order chi connectivity index (χ1) is 13.6. The van der Waals surface area contributed by atoms with Crippen molar-refractivity contribution in [2.24, 2.45) is 0 Å². The van der Waals surface area contributed by atoms with Gasteiger partial charge in [0.1, 0.15) is 11.3 Å². The molecule has 29 heavy (non-hydrogen) atoms. The number of carboxylic acids is 1. The van der Waals surface area contributed by atoms with Crippen molar-refractivity contribution in [2.75, 3.05) is 0 Å². The molecule has 0 bridgehead atoms. The summed E-state index contributed by atoms with van der Waals surface area (Å²) in [5.74, 6) is -1.31. The molecule has 1 aromatic carbocycles. The zero-order valence-corrected chi connectivity index (χ0v) is 21.1. The van der Waals surface area contributed by atoms with Crippen molar-refractivity contribution in [2.45, 2.75) is 110 Å². The number of para-hydroxylation sites is 1. The Morgan fingerprint density at radius 1 is 0.759 bits per heavy atom. The third-order valence-corrected chi connectivity index (χ3v) is 4.99. The molecular formula is C25H43NaO3. The minimum Gasteiger partial charge on any atom is -0.507 e. The number of unbranched alkanes of at least 4 members (excludes halogenated alkanes) is 15. The van der Waals surface area contributed by atoms with E-state index in [2.05, 4.69) is 13.8 Å². The van der Waals surface area contributed by atoms with E-state index in [-0.39, 0.29) is 40.9 Å². The second-order valence-electron chi connectivity index (χ2n) is 7.63. The molecule has 1 rings (SSSR count). The second kappa shape index (κ2) is 23.8. The number of carboxylic acid groups (broad SMARTS) is 1. The summed E-state index contributed by atoms with van der Waals surface area (Å²) in [6.45, 7) is 6.18. The van der Waals surface area contributed by atoms with Crippen LogP contribution in [0.4, 0.5) is 0 Å². The number of aromatic carboxylic acids is 1. The van der Waals surface area contributed by atoms with Crippen molar-refractivity contribution in [3.8, 4) is 5.75 Å². The Labute approximate surface area is 202 Å². The summed E-state index contributed by atoms with van der Waals surface area (Å²) in [6, 6.07) is 5.81. The maximum atomic E-state index is 10.3. The van der Waals surface area contributed by atoms with Crippen molar-refractivity contribution in [1.29, 1.82) is 0 Å². The van der Waals surface area contributed by atoms with Gasteiger partial charge in [0.2, 0.25) is 0 Å². The Kier molecular flexibility index (Phi) is 25.1. The van der Waals surface area contributed by atoms with Crippen LogP contribution in [0.5, 0.6) is 5.75 Å². The maximum Gasteiger partial charge on any atom is 1.00 e. The van der Waals surface area contributed by atoms with Gasteiger partial charge in [0.25, 0.3) is 0 Å². The molecule has 0 radical (unpaired) electrons. The Balaban J connectivity index is 0. The van der Waals surface area contributed by atoms with E-state index < -0.39 is 5.97 Å². The van der Waals surface area contributed by atoms with Gasteiger partial charge in [0.15, 0.2) is 0 Å². The average molecular weight is 415 g/mol. The summed E-state index contributed by atoms with van der Waals surface area (Å²) < 4.78 is 0. The Hall–Kier alpha value is -0.510. The minimum absolute atomic E-state index is 0. The smallest absolute Gasteiger partial charge is 0.507 e. The number of aromatic hydroxyl groups is 1. The van der Waals surface area contributed by atoms with Crippen LogP contribution in [-0.4, -0.2) is 16.2 Å². The SMILES string of the molecule is O=C(O)c1ccccc1O.[CH2-]CCCCCCCCCCCCCCCCC.[Na+]. The molecular weight excluding hydrogens is 371 g/mol. The van der Waals surface area contributed by atoms with Gasteiger partial charge < -0.3 is 17.1 Å². The van der Waals surface area contributed by atoms with Gasteiger partial charge in [-0.2, -0.15) is 6.42 Å². The molecule has 0 aliphatic heterocycles. The molecule has 0 aliphatic carbocycles. The number of carbonyl (C=O) groups is 1. The summed E-state index contributed by atoms with van der Waals surface area (Å²) >= 11 is 0. The molecule has 3 nitrogen and oxygen atoms in total. The van der Waals surface area contributed by atoms with Crippen molar-refractivity contribution < 1.29 is 44.6 Å². The zero-order valence-electron chi connectivity index (χ0n) is 19.1. The van der Waals surface area contributed by atoms with Gasteiger partial charge in [0.05, 0.1) is 0 Å². The van der Waals surface area contributed by atoms with Gasteiger partial charge in [-0.3, -0.25) is 0 Å². The molecule has 162 valence electrons. The molecule has 0 saturated carbocycles. The van der Waals surface area contributed by atoms with Gasteiger partial charge in [-0.05, 0) is 12.1 Å². The largest absolute Gasteiger partial charge is 1.00 e. The Morgan fingerprint density at radius 3 is 1.45 bits per heavy atom. The average Bonchev–Trinajstić information content (AvgIpc) is 2.69. The molecule has 0 aromatic heterocycles. The molecule has 0 unspecified atom stereocenters. The number of hydrogen-bond acceptors (Lipinski definition) is 2. The molecule has 2 N–H and O–H groups in total. The topological polar surface area (TPSA) is 57.5 Å². The Bertz CT molecular complexity index is 461. The van der Waals surface area contributed by atoms with Crippen molar-refractivity contribution in [3.05, 3.63) is 36.8 Å². The summed E-state index contributed by atoms with van der Waals surface area (Å²) in [5, 5.41) is 17.3. The fraction of sp³-hybridized carbons (Fsp3) is 0.680. The van der Waals surface area contributed by atoms with E-state index in [1.165, 1.54) is 108 Å². The molecule has 0 aliphatic rings. The number of phenols is 1. The standard InChI is InChI=1S/C18H37.C7H6O3.Na/c1-3-5-7-9-11-13-15-17-18-16-14-12-10-8-6-4-2;8-6-4-2-1-3-5(6)7(9)10;/h1,3-18H2,2H3;1-4,8H,(H,9,10);/q-1;;+1. The fourth-order valence-corrected chi connectivity index (χ4v) is 3.20. The maximum absolute atomic E-state index is 10.3. The zero-order chi connectivity index (χ0) is 20.9. The van der Waals surface area contributed by atoms with E-state index in [4.69, 9.17) is 10.2 Å². The van der Waals surface area contributed by atoms with Crippen LogP contribution in [0.15, 0.2) is 24.3 Å².